The van der Waals surface area contributed by atoms with Crippen molar-refractivity contribution in [2.24, 2.45) is 0 Å². The molecule has 11 heavy (non-hydrogen) atoms. The van der Waals surface area contributed by atoms with Crippen LogP contribution in [0.5, 0.6) is 0 Å². The minimum atomic E-state index is 0.237. The van der Waals surface area contributed by atoms with Crippen LogP contribution >= 0.6 is 0 Å². The molecule has 0 aliphatic heterocycles. The topological polar surface area (TPSA) is 35.0 Å². The monoisotopic (exact) mass is 154 g/mol. The van der Waals surface area contributed by atoms with Crippen molar-refractivity contribution >= 4 is 5.95 Å². The first-order valence-electron chi connectivity index (χ1n) is 3.34. The van der Waals surface area contributed by atoms with Gasteiger partial charge in [0, 0.05) is 12.4 Å². The van der Waals surface area contributed by atoms with Crippen LogP contribution in [0.1, 0.15) is 0 Å². The van der Waals surface area contributed by atoms with Crippen LogP contribution in [0.2, 0.25) is 0 Å². The molecule has 4 heteroatoms. The number of rotatable bonds is 2. The molecular formula is C7H12N3O+. The first kappa shape index (κ1) is 8.10. The van der Waals surface area contributed by atoms with E-state index in [1.54, 1.807) is 25.6 Å². The smallest absolute Gasteiger partial charge is 0.199 e. The van der Waals surface area contributed by atoms with Crippen LogP contribution in [0.3, 0.4) is 0 Å². The van der Waals surface area contributed by atoms with Crippen molar-refractivity contribution in [1.29, 1.82) is 0 Å². The van der Waals surface area contributed by atoms with E-state index in [9.17, 15) is 0 Å². The van der Waals surface area contributed by atoms with Gasteiger partial charge in [-0.3, -0.25) is 0 Å². The zero-order chi connectivity index (χ0) is 8.32. The Morgan fingerprint density at radius 2 is 1.82 bits per heavy atom. The highest BCUT2D eigenvalue weighted by Crippen LogP contribution is 2.09. The molecular weight excluding hydrogens is 142 g/mol. The van der Waals surface area contributed by atoms with E-state index in [0.717, 1.165) is 0 Å². The molecule has 0 aromatic carbocycles. The van der Waals surface area contributed by atoms with Crippen molar-refractivity contribution in [3.8, 4) is 0 Å². The van der Waals surface area contributed by atoms with Gasteiger partial charge in [0.15, 0.2) is 0 Å². The molecule has 60 valence electrons. The number of quaternary nitrogens is 1. The summed E-state index contributed by atoms with van der Waals surface area (Å²) in [5, 5.41) is 0. The Morgan fingerprint density at radius 1 is 1.27 bits per heavy atom. The van der Waals surface area contributed by atoms with E-state index in [2.05, 4.69) is 9.97 Å². The lowest BCUT2D eigenvalue weighted by Crippen LogP contribution is -2.40. The van der Waals surface area contributed by atoms with Gasteiger partial charge >= 0.3 is 5.95 Å². The molecule has 0 N–H and O–H groups in total. The van der Waals surface area contributed by atoms with Crippen molar-refractivity contribution in [2.45, 2.75) is 0 Å². The quantitative estimate of drug-likeness (QED) is 0.462. The minimum absolute atomic E-state index is 0.237. The third-order valence-electron chi connectivity index (χ3n) is 1.49. The molecule has 0 unspecified atom stereocenters. The molecule has 0 amide bonds. The molecule has 1 rings (SSSR count). The van der Waals surface area contributed by atoms with Gasteiger partial charge in [0.1, 0.15) is 14.1 Å². The lowest BCUT2D eigenvalue weighted by molar-refractivity contribution is -0.0820. The second-order valence-corrected chi connectivity index (χ2v) is 2.58. The van der Waals surface area contributed by atoms with Gasteiger partial charge in [0.05, 0.1) is 7.11 Å². The summed E-state index contributed by atoms with van der Waals surface area (Å²) in [6, 6.07) is 1.78. The summed E-state index contributed by atoms with van der Waals surface area (Å²) in [6.45, 7) is 0. The van der Waals surface area contributed by atoms with Crippen molar-refractivity contribution < 1.29 is 4.84 Å². The summed E-state index contributed by atoms with van der Waals surface area (Å²) in [4.78, 5) is 13.3. The van der Waals surface area contributed by atoms with Crippen LogP contribution in [0.4, 0.5) is 5.95 Å². The van der Waals surface area contributed by atoms with E-state index in [1.165, 1.54) is 0 Å². The van der Waals surface area contributed by atoms with E-state index in [0.29, 0.717) is 5.95 Å². The average Bonchev–Trinajstić information content (AvgIpc) is 2.06. The number of hydroxylamine groups is 2. The van der Waals surface area contributed by atoms with Crippen LogP contribution in [-0.4, -0.2) is 31.2 Å². The summed E-state index contributed by atoms with van der Waals surface area (Å²) in [5.74, 6) is 0.648. The highest BCUT2D eigenvalue weighted by molar-refractivity contribution is 5.16. The Bertz CT molecular complexity index is 222. The average molecular weight is 154 g/mol. The van der Waals surface area contributed by atoms with Crippen LogP contribution in [0.15, 0.2) is 18.5 Å². The number of nitrogens with zero attached hydrogens (tertiary/aromatic N) is 3. The maximum absolute atomic E-state index is 5.14. The van der Waals surface area contributed by atoms with Gasteiger partial charge in [-0.25, -0.2) is 0 Å². The maximum atomic E-state index is 5.14. The van der Waals surface area contributed by atoms with Crippen LogP contribution in [-0.2, 0) is 4.84 Å². The van der Waals surface area contributed by atoms with Crippen molar-refractivity contribution in [2.75, 3.05) is 21.2 Å². The van der Waals surface area contributed by atoms with Gasteiger partial charge in [-0.1, -0.05) is 0 Å². The molecule has 0 aliphatic rings. The molecule has 0 atom stereocenters. The fourth-order valence-electron chi connectivity index (χ4n) is 0.651. The van der Waals surface area contributed by atoms with E-state index in [-0.39, 0.29) is 4.65 Å². The highest BCUT2D eigenvalue weighted by atomic mass is 16.7. The minimum Gasteiger partial charge on any atom is -0.199 e. The molecule has 1 heterocycles. The molecule has 0 radical (unpaired) electrons. The molecule has 0 spiro atoms. The Balaban J connectivity index is 2.93. The fraction of sp³-hybridized carbons (Fsp3) is 0.429. The molecule has 0 saturated heterocycles. The Labute approximate surface area is 66.0 Å². The van der Waals surface area contributed by atoms with Gasteiger partial charge in [-0.15, -0.1) is 4.65 Å². The third kappa shape index (κ3) is 1.72. The molecule has 4 nitrogen and oxygen atoms in total. The van der Waals surface area contributed by atoms with Crippen molar-refractivity contribution in [1.82, 2.24) is 14.6 Å². The van der Waals surface area contributed by atoms with E-state index < -0.39 is 0 Å². The SMILES string of the molecule is CO[N+](C)(C)c1ncccn1. The Hall–Kier alpha value is -1.00. The van der Waals surface area contributed by atoms with Crippen LogP contribution in [0.25, 0.3) is 0 Å². The number of hydrogen-bond donors (Lipinski definition) is 0. The van der Waals surface area contributed by atoms with Crippen molar-refractivity contribution in [3.63, 3.8) is 0 Å². The largest absolute Gasteiger partial charge is 0.361 e. The summed E-state index contributed by atoms with van der Waals surface area (Å²) < 4.78 is 0.237. The Kier molecular flexibility index (Phi) is 2.16. The summed E-state index contributed by atoms with van der Waals surface area (Å²) in [5.41, 5.74) is 0. The van der Waals surface area contributed by atoms with Gasteiger partial charge in [-0.05, 0) is 6.07 Å². The summed E-state index contributed by atoms with van der Waals surface area (Å²) in [6.07, 6.45) is 3.39. The highest BCUT2D eigenvalue weighted by Gasteiger charge is 2.21. The van der Waals surface area contributed by atoms with Gasteiger partial charge < -0.3 is 0 Å². The van der Waals surface area contributed by atoms with Gasteiger partial charge in [0.2, 0.25) is 0 Å². The first-order chi connectivity index (χ1) is 5.17. The molecule has 0 saturated carbocycles. The molecule has 0 aliphatic carbocycles. The second kappa shape index (κ2) is 2.94. The Morgan fingerprint density at radius 3 is 2.27 bits per heavy atom. The summed E-state index contributed by atoms with van der Waals surface area (Å²) in [7, 11) is 5.36. The lowest BCUT2D eigenvalue weighted by Gasteiger charge is -2.20. The maximum Gasteiger partial charge on any atom is 0.361 e. The summed E-state index contributed by atoms with van der Waals surface area (Å²) >= 11 is 0. The fourth-order valence-corrected chi connectivity index (χ4v) is 0.651. The van der Waals surface area contributed by atoms with Gasteiger partial charge in [-0.2, -0.15) is 14.8 Å². The molecule has 0 bridgehead atoms. The molecule has 1 aromatic heterocycles. The molecule has 1 aromatic rings. The van der Waals surface area contributed by atoms with Gasteiger partial charge in [0.25, 0.3) is 0 Å². The first-order valence-corrected chi connectivity index (χ1v) is 3.34. The third-order valence-corrected chi connectivity index (χ3v) is 1.49. The predicted molar refractivity (Wildman–Crippen MR) is 42.7 cm³/mol. The van der Waals surface area contributed by atoms with Crippen molar-refractivity contribution in [3.05, 3.63) is 18.5 Å². The second-order valence-electron chi connectivity index (χ2n) is 2.58. The molecule has 0 fully saturated rings. The standard InChI is InChI=1S/C7H12N3O/c1-10(2,11-3)7-8-5-4-6-9-7/h4-6H,1-3H3/q+1. The zero-order valence-corrected chi connectivity index (χ0v) is 6.98. The van der Waals surface area contributed by atoms with Crippen LogP contribution in [0, 0.1) is 0 Å². The van der Waals surface area contributed by atoms with Crippen LogP contribution < -0.4 is 4.65 Å². The number of hydrogen-bond acceptors (Lipinski definition) is 3. The van der Waals surface area contributed by atoms with E-state index >= 15 is 0 Å². The van der Waals surface area contributed by atoms with E-state index in [4.69, 9.17) is 4.84 Å². The zero-order valence-electron chi connectivity index (χ0n) is 6.98. The lowest BCUT2D eigenvalue weighted by atomic mass is 10.6. The predicted octanol–water partition coefficient (Wildman–Crippen LogP) is 0.605. The van der Waals surface area contributed by atoms with E-state index in [1.807, 2.05) is 14.1 Å². The number of aromatic nitrogens is 2. The normalized spacial score (nSPS) is 11.5.